The summed E-state index contributed by atoms with van der Waals surface area (Å²) in [6.45, 7) is 5.59. The van der Waals surface area contributed by atoms with Gasteiger partial charge < -0.3 is 14.8 Å². The number of nitrogens with one attached hydrogen (secondary N) is 1. The molecule has 3 atom stereocenters. The van der Waals surface area contributed by atoms with Gasteiger partial charge in [-0.25, -0.2) is 0 Å². The Bertz CT molecular complexity index is 1020. The smallest absolute Gasteiger partial charge is 0.317 e. The average molecular weight is 494 g/mol. The molecule has 2 bridgehead atoms. The van der Waals surface area contributed by atoms with E-state index in [9.17, 15) is 4.79 Å². The first-order valence-electron chi connectivity index (χ1n) is 8.97. The number of rotatable bonds is 4. The minimum atomic E-state index is -1.10. The summed E-state index contributed by atoms with van der Waals surface area (Å²) in [5.74, 6) is -0.457. The zero-order valence-electron chi connectivity index (χ0n) is 15.5. The first kappa shape index (κ1) is 20.2. The highest BCUT2D eigenvalue weighted by Gasteiger charge is 2.59. The summed E-state index contributed by atoms with van der Waals surface area (Å²) in [4.78, 5) is 14.9. The molecule has 2 heterocycles. The van der Waals surface area contributed by atoms with Crippen molar-refractivity contribution >= 4 is 56.5 Å². The maximum absolute atomic E-state index is 13.1. The normalized spacial score (nSPS) is 24.8. The quantitative estimate of drug-likeness (QED) is 0.368. The van der Waals surface area contributed by atoms with Gasteiger partial charge >= 0.3 is 5.97 Å². The summed E-state index contributed by atoms with van der Waals surface area (Å²) >= 11 is 15.4. The molecule has 8 heteroatoms. The number of benzene rings is 2. The molecule has 2 aromatic rings. The van der Waals surface area contributed by atoms with Gasteiger partial charge in [0.25, 0.3) is 0 Å². The largest absolute Gasteiger partial charge is 0.466 e. The molecule has 1 fully saturated rings. The second-order valence-electron chi connectivity index (χ2n) is 6.98. The topological polar surface area (TPSA) is 50.8 Å². The zero-order valence-corrected chi connectivity index (χ0v) is 18.7. The number of fused-ring (bicyclic) bond motifs is 4. The Labute approximate surface area is 187 Å². The second kappa shape index (κ2) is 7.63. The van der Waals surface area contributed by atoms with Crippen molar-refractivity contribution in [3.63, 3.8) is 0 Å². The number of halogens is 2. The van der Waals surface area contributed by atoms with Crippen molar-refractivity contribution in [1.29, 1.82) is 0 Å². The zero-order chi connectivity index (χ0) is 20.8. The molecule has 2 aliphatic heterocycles. The van der Waals surface area contributed by atoms with Crippen molar-refractivity contribution < 1.29 is 14.3 Å². The molecule has 5 nitrogen and oxygen atoms in total. The monoisotopic (exact) mass is 492 g/mol. The first-order valence-corrected chi connectivity index (χ1v) is 10.6. The van der Waals surface area contributed by atoms with Gasteiger partial charge in [0.15, 0.2) is 5.11 Å². The van der Waals surface area contributed by atoms with Crippen LogP contribution in [0.25, 0.3) is 0 Å². The van der Waals surface area contributed by atoms with Crippen LogP contribution in [0.5, 0.6) is 5.75 Å². The molecule has 0 amide bonds. The fourth-order valence-corrected chi connectivity index (χ4v) is 4.93. The number of ether oxygens (including phenoxy) is 2. The number of nitrogens with zero attached hydrogens (tertiary/aromatic N) is 1. The Morgan fingerprint density at radius 1 is 1.45 bits per heavy atom. The van der Waals surface area contributed by atoms with Gasteiger partial charge in [0.1, 0.15) is 18.3 Å². The Morgan fingerprint density at radius 2 is 2.24 bits per heavy atom. The van der Waals surface area contributed by atoms with E-state index in [1.54, 1.807) is 12.1 Å². The van der Waals surface area contributed by atoms with Crippen LogP contribution >= 0.6 is 39.7 Å². The average Bonchev–Trinajstić information content (AvgIpc) is 2.66. The lowest BCUT2D eigenvalue weighted by molar-refractivity contribution is -0.159. The Hall–Kier alpha value is -2.09. The van der Waals surface area contributed by atoms with Crippen LogP contribution < -0.4 is 15.0 Å². The number of carbonyl (C=O) groups is 1. The van der Waals surface area contributed by atoms with E-state index in [2.05, 4.69) is 27.8 Å². The van der Waals surface area contributed by atoms with E-state index in [-0.39, 0.29) is 6.61 Å². The first-order chi connectivity index (χ1) is 13.8. The van der Waals surface area contributed by atoms with E-state index < -0.39 is 23.7 Å². The van der Waals surface area contributed by atoms with Crippen molar-refractivity contribution in [2.45, 2.75) is 18.7 Å². The molecule has 0 radical (unpaired) electrons. The molecule has 4 rings (SSSR count). The molecule has 0 aromatic heterocycles. The Balaban J connectivity index is 1.88. The van der Waals surface area contributed by atoms with E-state index in [4.69, 9.17) is 33.3 Å². The molecule has 0 spiro atoms. The minimum absolute atomic E-state index is 0.113. The van der Waals surface area contributed by atoms with E-state index >= 15 is 0 Å². The number of hydrogen-bond donors (Lipinski definition) is 1. The molecule has 2 aliphatic rings. The van der Waals surface area contributed by atoms with Gasteiger partial charge in [-0.1, -0.05) is 46.3 Å². The Kier molecular flexibility index (Phi) is 5.31. The predicted octanol–water partition coefficient (Wildman–Crippen LogP) is 4.99. The lowest BCUT2D eigenvalue weighted by Crippen LogP contribution is -2.71. The molecule has 0 saturated carbocycles. The third-order valence-electron chi connectivity index (χ3n) is 5.12. The van der Waals surface area contributed by atoms with Crippen molar-refractivity contribution in [3.8, 4) is 5.75 Å². The molecule has 0 unspecified atom stereocenters. The van der Waals surface area contributed by atoms with Crippen LogP contribution in [0.1, 0.15) is 18.5 Å². The Morgan fingerprint density at radius 3 is 2.97 bits per heavy atom. The summed E-state index contributed by atoms with van der Waals surface area (Å²) in [5, 5.41) is 4.31. The van der Waals surface area contributed by atoms with E-state index in [1.165, 1.54) is 6.08 Å². The molecule has 29 heavy (non-hydrogen) atoms. The highest BCUT2D eigenvalue weighted by molar-refractivity contribution is 9.10. The second-order valence-corrected chi connectivity index (χ2v) is 8.72. The van der Waals surface area contributed by atoms with Crippen molar-refractivity contribution in [2.24, 2.45) is 5.92 Å². The lowest BCUT2D eigenvalue weighted by atomic mass is 9.79. The highest BCUT2D eigenvalue weighted by Crippen LogP contribution is 2.50. The van der Waals surface area contributed by atoms with Gasteiger partial charge in [-0.15, -0.1) is 0 Å². The maximum atomic E-state index is 13.1. The van der Waals surface area contributed by atoms with Crippen molar-refractivity contribution in [2.75, 3.05) is 11.5 Å². The van der Waals surface area contributed by atoms with Gasteiger partial charge in [-0.2, -0.15) is 0 Å². The fourth-order valence-electron chi connectivity index (χ4n) is 3.95. The summed E-state index contributed by atoms with van der Waals surface area (Å²) in [6, 6.07) is 12.6. The van der Waals surface area contributed by atoms with Crippen LogP contribution in [0, 0.1) is 5.92 Å². The summed E-state index contributed by atoms with van der Waals surface area (Å²) < 4.78 is 12.8. The van der Waals surface area contributed by atoms with Gasteiger partial charge in [0, 0.05) is 20.7 Å². The van der Waals surface area contributed by atoms with Gasteiger partial charge in [-0.3, -0.25) is 9.69 Å². The van der Waals surface area contributed by atoms with E-state index in [0.717, 1.165) is 15.7 Å². The molecule has 150 valence electrons. The summed E-state index contributed by atoms with van der Waals surface area (Å²) in [7, 11) is 0. The van der Waals surface area contributed by atoms with Crippen LogP contribution in [0.2, 0.25) is 5.02 Å². The minimum Gasteiger partial charge on any atom is -0.466 e. The summed E-state index contributed by atoms with van der Waals surface area (Å²) in [5.41, 5.74) is 0.455. The van der Waals surface area contributed by atoms with Crippen LogP contribution in [0.4, 0.5) is 5.69 Å². The van der Waals surface area contributed by atoms with Crippen LogP contribution in [-0.2, 0) is 9.53 Å². The number of esters is 1. The molecule has 2 aromatic carbocycles. The molecule has 1 N–H and O–H groups in total. The molecular formula is C21H18BrClN2O3S. The van der Waals surface area contributed by atoms with Gasteiger partial charge in [0.2, 0.25) is 5.72 Å². The van der Waals surface area contributed by atoms with Crippen LogP contribution in [0.15, 0.2) is 59.6 Å². The van der Waals surface area contributed by atoms with Gasteiger partial charge in [0.05, 0.1) is 6.04 Å². The lowest BCUT2D eigenvalue weighted by Gasteiger charge is -2.55. The molecular weight excluding hydrogens is 476 g/mol. The van der Waals surface area contributed by atoms with E-state index in [0.29, 0.717) is 15.9 Å². The molecule has 0 aliphatic carbocycles. The van der Waals surface area contributed by atoms with Crippen LogP contribution in [-0.4, -0.2) is 23.4 Å². The standard InChI is InChI=1S/C21H18BrClN2O3S/c1-3-9-27-19(26)17-18-15-11-13(23)7-8-16(15)28-21(17,2)25(20(29)24-18)14-6-4-5-12(22)10-14/h3-8,10-11,17-18H,1,9H2,2H3,(H,24,29)/t17-,18+,21+/m1/s1. The van der Waals surface area contributed by atoms with E-state index in [1.807, 2.05) is 42.2 Å². The third kappa shape index (κ3) is 3.41. The van der Waals surface area contributed by atoms with Crippen molar-refractivity contribution in [1.82, 2.24) is 5.32 Å². The third-order valence-corrected chi connectivity index (χ3v) is 6.15. The number of hydrogen-bond acceptors (Lipinski definition) is 4. The SMILES string of the molecule is C=CCOC(=O)[C@H]1[C@H]2NC(=S)N(c3cccc(Br)c3)[C@@]1(C)Oc1ccc(Cl)cc12. The fraction of sp³-hybridized carbons (Fsp3) is 0.238. The predicted molar refractivity (Wildman–Crippen MR) is 120 cm³/mol. The van der Waals surface area contributed by atoms with Gasteiger partial charge in [-0.05, 0) is 55.5 Å². The number of anilines is 1. The highest BCUT2D eigenvalue weighted by atomic mass is 79.9. The van der Waals surface area contributed by atoms with Crippen molar-refractivity contribution in [3.05, 3.63) is 70.2 Å². The molecule has 1 saturated heterocycles. The maximum Gasteiger partial charge on any atom is 0.317 e. The van der Waals surface area contributed by atoms with Crippen LogP contribution in [0.3, 0.4) is 0 Å². The number of carbonyl (C=O) groups excluding carboxylic acids is 1. The number of thiocarbonyl (C=S) groups is 1. The summed E-state index contributed by atoms with van der Waals surface area (Å²) in [6.07, 6.45) is 1.54.